The highest BCUT2D eigenvalue weighted by Crippen LogP contribution is 2.31. The monoisotopic (exact) mass is 321 g/mol. The van der Waals surface area contributed by atoms with Gasteiger partial charge in [0.2, 0.25) is 5.88 Å². The normalized spacial score (nSPS) is 25.5. The van der Waals surface area contributed by atoms with E-state index >= 15 is 0 Å². The summed E-state index contributed by atoms with van der Waals surface area (Å²) >= 11 is 5.05. The molecular weight excluding hydrogens is 298 g/mol. The van der Waals surface area contributed by atoms with Gasteiger partial charge in [-0.15, -0.1) is 6.58 Å². The number of aliphatic imine (C=N–C) groups is 1. The van der Waals surface area contributed by atoms with E-state index in [1.54, 1.807) is 6.08 Å². The topological polar surface area (TPSA) is 70.4 Å². The van der Waals surface area contributed by atoms with Crippen molar-refractivity contribution in [2.24, 2.45) is 16.8 Å². The lowest BCUT2D eigenvalue weighted by atomic mass is 9.78. The van der Waals surface area contributed by atoms with Gasteiger partial charge in [-0.05, 0) is 30.5 Å². The van der Waals surface area contributed by atoms with Gasteiger partial charge in [-0.25, -0.2) is 0 Å². The number of aromatic amines is 1. The third kappa shape index (κ3) is 3.38. The van der Waals surface area contributed by atoms with Crippen molar-refractivity contribution in [2.75, 3.05) is 0 Å². The molecule has 0 bridgehead atoms. The summed E-state index contributed by atoms with van der Waals surface area (Å²) in [5, 5.41) is 10.3. The molecule has 0 amide bonds. The fourth-order valence-corrected chi connectivity index (χ4v) is 3.18. The molecule has 3 atom stereocenters. The Morgan fingerprint density at radius 1 is 1.50 bits per heavy atom. The number of rotatable bonds is 4. The second-order valence-corrected chi connectivity index (χ2v) is 6.40. The van der Waals surface area contributed by atoms with E-state index in [1.807, 2.05) is 0 Å². The van der Waals surface area contributed by atoms with E-state index < -0.39 is 5.56 Å². The molecule has 1 aliphatic carbocycles. The van der Waals surface area contributed by atoms with Gasteiger partial charge in [0.15, 0.2) is 4.77 Å². The minimum Gasteiger partial charge on any atom is -0.494 e. The predicted molar refractivity (Wildman–Crippen MR) is 91.3 cm³/mol. The summed E-state index contributed by atoms with van der Waals surface area (Å²) in [4.78, 5) is 19.1. The highest BCUT2D eigenvalue weighted by Gasteiger charge is 2.26. The van der Waals surface area contributed by atoms with Crippen molar-refractivity contribution in [1.29, 1.82) is 0 Å². The van der Waals surface area contributed by atoms with E-state index in [9.17, 15) is 9.90 Å². The van der Waals surface area contributed by atoms with Crippen molar-refractivity contribution in [3.8, 4) is 5.88 Å². The molecule has 1 heterocycles. The van der Waals surface area contributed by atoms with Crippen LogP contribution in [-0.4, -0.2) is 26.9 Å². The lowest BCUT2D eigenvalue weighted by molar-refractivity contribution is 0.242. The van der Waals surface area contributed by atoms with Crippen LogP contribution in [0.25, 0.3) is 0 Å². The number of hydrogen-bond acceptors (Lipinski definition) is 4. The zero-order valence-electron chi connectivity index (χ0n) is 13.1. The largest absolute Gasteiger partial charge is 0.494 e. The Kier molecular flexibility index (Phi) is 5.34. The summed E-state index contributed by atoms with van der Waals surface area (Å²) in [5.74, 6) is 0.946. The van der Waals surface area contributed by atoms with Crippen LogP contribution in [0.2, 0.25) is 0 Å². The maximum atomic E-state index is 12.0. The van der Waals surface area contributed by atoms with Crippen LogP contribution in [0.1, 0.15) is 38.7 Å². The Morgan fingerprint density at radius 3 is 2.91 bits per heavy atom. The SMILES string of the molecule is C=CCn1c(O)c(C=N[C@@H]2CCC[C@H](C)[C@H]2C)c(=O)[nH]c1=S. The summed E-state index contributed by atoms with van der Waals surface area (Å²) in [6, 6.07) is 0.193. The van der Waals surface area contributed by atoms with Gasteiger partial charge < -0.3 is 5.11 Å². The van der Waals surface area contributed by atoms with E-state index in [1.165, 1.54) is 17.2 Å². The quantitative estimate of drug-likeness (QED) is 0.509. The van der Waals surface area contributed by atoms with Gasteiger partial charge in [0, 0.05) is 12.8 Å². The summed E-state index contributed by atoms with van der Waals surface area (Å²) in [7, 11) is 0. The first-order chi connectivity index (χ1) is 10.5. The first kappa shape index (κ1) is 16.7. The van der Waals surface area contributed by atoms with Gasteiger partial charge in [0.25, 0.3) is 5.56 Å². The summed E-state index contributed by atoms with van der Waals surface area (Å²) in [5.41, 5.74) is -0.260. The molecule has 22 heavy (non-hydrogen) atoms. The summed E-state index contributed by atoms with van der Waals surface area (Å²) in [6.45, 7) is 8.39. The first-order valence-corrected chi connectivity index (χ1v) is 8.06. The van der Waals surface area contributed by atoms with E-state index in [-0.39, 0.29) is 22.3 Å². The maximum absolute atomic E-state index is 12.0. The molecule has 1 aromatic heterocycles. The van der Waals surface area contributed by atoms with Crippen molar-refractivity contribution in [2.45, 2.75) is 45.7 Å². The zero-order chi connectivity index (χ0) is 16.3. The molecule has 2 rings (SSSR count). The Morgan fingerprint density at radius 2 is 2.23 bits per heavy atom. The molecule has 0 saturated heterocycles. The van der Waals surface area contributed by atoms with Crippen molar-refractivity contribution >= 4 is 18.4 Å². The second-order valence-electron chi connectivity index (χ2n) is 6.01. The van der Waals surface area contributed by atoms with Crippen LogP contribution < -0.4 is 5.56 Å². The molecule has 0 radical (unpaired) electrons. The number of nitrogens with one attached hydrogen (secondary N) is 1. The molecule has 2 N–H and O–H groups in total. The Bertz CT molecular complexity index is 690. The third-order valence-electron chi connectivity index (χ3n) is 4.58. The molecule has 5 nitrogen and oxygen atoms in total. The third-order valence-corrected chi connectivity index (χ3v) is 4.90. The van der Waals surface area contributed by atoms with E-state index in [0.29, 0.717) is 18.4 Å². The van der Waals surface area contributed by atoms with Gasteiger partial charge >= 0.3 is 0 Å². The number of H-pyrrole nitrogens is 1. The van der Waals surface area contributed by atoms with Crippen molar-refractivity contribution < 1.29 is 5.11 Å². The number of aromatic hydroxyl groups is 1. The fourth-order valence-electron chi connectivity index (χ4n) is 2.92. The van der Waals surface area contributed by atoms with Crippen molar-refractivity contribution in [1.82, 2.24) is 9.55 Å². The van der Waals surface area contributed by atoms with Crippen LogP contribution in [0.3, 0.4) is 0 Å². The average molecular weight is 321 g/mol. The summed E-state index contributed by atoms with van der Waals surface area (Å²) < 4.78 is 1.61. The van der Waals surface area contributed by atoms with Gasteiger partial charge in [-0.1, -0.05) is 32.8 Å². The Balaban J connectivity index is 2.35. The Hall–Kier alpha value is -1.69. The van der Waals surface area contributed by atoms with Crippen LogP contribution in [0, 0.1) is 16.6 Å². The predicted octanol–water partition coefficient (Wildman–Crippen LogP) is 3.04. The number of aromatic nitrogens is 2. The van der Waals surface area contributed by atoms with Crippen molar-refractivity contribution in [3.05, 3.63) is 33.3 Å². The molecule has 1 saturated carbocycles. The van der Waals surface area contributed by atoms with E-state index in [2.05, 4.69) is 30.4 Å². The molecule has 0 aromatic carbocycles. The molecule has 0 spiro atoms. The highest BCUT2D eigenvalue weighted by atomic mass is 32.1. The number of allylic oxidation sites excluding steroid dienone is 1. The molecule has 1 aromatic rings. The zero-order valence-corrected chi connectivity index (χ0v) is 13.9. The molecule has 1 fully saturated rings. The standard InChI is InChI=1S/C16H23N3O2S/c1-4-8-19-15(21)12(14(20)18-16(19)22)9-17-13-7-5-6-10(2)11(13)3/h4,9-11,13,21H,1,5-8H2,2-3H3,(H,18,20,22)/t10-,11+,13+/m0/s1. The lowest BCUT2D eigenvalue weighted by Crippen LogP contribution is -2.28. The second kappa shape index (κ2) is 7.05. The van der Waals surface area contributed by atoms with Crippen LogP contribution >= 0.6 is 12.2 Å². The van der Waals surface area contributed by atoms with E-state index in [4.69, 9.17) is 12.2 Å². The van der Waals surface area contributed by atoms with Crippen LogP contribution in [0.4, 0.5) is 0 Å². The van der Waals surface area contributed by atoms with Crippen LogP contribution in [-0.2, 0) is 6.54 Å². The molecule has 0 aliphatic heterocycles. The smallest absolute Gasteiger partial charge is 0.264 e. The number of hydrogen-bond donors (Lipinski definition) is 2. The van der Waals surface area contributed by atoms with Gasteiger partial charge in [0.05, 0.1) is 6.04 Å². The van der Waals surface area contributed by atoms with Crippen LogP contribution in [0.15, 0.2) is 22.4 Å². The van der Waals surface area contributed by atoms with Gasteiger partial charge in [-0.3, -0.25) is 19.3 Å². The van der Waals surface area contributed by atoms with Crippen molar-refractivity contribution in [3.63, 3.8) is 0 Å². The minimum atomic E-state index is -0.414. The lowest BCUT2D eigenvalue weighted by Gasteiger charge is -2.31. The van der Waals surface area contributed by atoms with Crippen LogP contribution in [0.5, 0.6) is 5.88 Å². The van der Waals surface area contributed by atoms with Gasteiger partial charge in [0.1, 0.15) is 5.56 Å². The molecule has 120 valence electrons. The number of nitrogens with zero attached hydrogens (tertiary/aromatic N) is 2. The minimum absolute atomic E-state index is 0.154. The highest BCUT2D eigenvalue weighted by molar-refractivity contribution is 7.71. The Labute approximate surface area is 135 Å². The van der Waals surface area contributed by atoms with Gasteiger partial charge in [-0.2, -0.15) is 0 Å². The molecule has 6 heteroatoms. The summed E-state index contributed by atoms with van der Waals surface area (Å²) in [6.07, 6.45) is 6.49. The average Bonchev–Trinajstić information content (AvgIpc) is 2.47. The maximum Gasteiger partial charge on any atom is 0.264 e. The molecule has 0 unspecified atom stereocenters. The molecular formula is C16H23N3O2S. The van der Waals surface area contributed by atoms with E-state index in [0.717, 1.165) is 12.8 Å². The first-order valence-electron chi connectivity index (χ1n) is 7.65. The molecule has 1 aliphatic rings. The fraction of sp³-hybridized carbons (Fsp3) is 0.562.